The van der Waals surface area contributed by atoms with Crippen LogP contribution in [0.25, 0.3) is 0 Å². The number of carbonyl (C=O) groups is 1. The summed E-state index contributed by atoms with van der Waals surface area (Å²) in [5, 5.41) is 4.06. The first-order chi connectivity index (χ1) is 9.79. The van der Waals surface area contributed by atoms with E-state index in [9.17, 15) is 4.79 Å². The Morgan fingerprint density at radius 3 is 3.25 bits per heavy atom. The summed E-state index contributed by atoms with van der Waals surface area (Å²) in [5.41, 5.74) is 2.89. The highest BCUT2D eigenvalue weighted by atomic mass is 32.1. The number of hydrogen-bond donors (Lipinski definition) is 0. The summed E-state index contributed by atoms with van der Waals surface area (Å²) in [4.78, 5) is 23.4. The maximum atomic E-state index is 12.6. The third kappa shape index (κ3) is 2.40. The van der Waals surface area contributed by atoms with E-state index in [0.29, 0.717) is 18.0 Å². The van der Waals surface area contributed by atoms with Gasteiger partial charge < -0.3 is 4.90 Å². The fraction of sp³-hybridized carbons (Fsp3) is 0.462. The fourth-order valence-electron chi connectivity index (χ4n) is 2.35. The van der Waals surface area contributed by atoms with Crippen molar-refractivity contribution >= 4 is 17.4 Å². The van der Waals surface area contributed by atoms with Gasteiger partial charge in [-0.2, -0.15) is 0 Å². The highest BCUT2D eigenvalue weighted by molar-refractivity contribution is 7.08. The van der Waals surface area contributed by atoms with Crippen LogP contribution in [0.3, 0.4) is 0 Å². The number of hydrogen-bond acceptors (Lipinski definition) is 6. The molecule has 6 nitrogen and oxygen atoms in total. The Hall–Kier alpha value is -1.89. The summed E-state index contributed by atoms with van der Waals surface area (Å²) >= 11 is 1.19. The number of amides is 1. The van der Waals surface area contributed by atoms with Gasteiger partial charge in [0.05, 0.1) is 11.4 Å². The second kappa shape index (κ2) is 5.62. The summed E-state index contributed by atoms with van der Waals surface area (Å²) in [6, 6.07) is 0. The number of aryl methyl sites for hydroxylation is 1. The second-order valence-corrected chi connectivity index (χ2v) is 5.52. The minimum atomic E-state index is 0.0259. The molecule has 0 spiro atoms. The van der Waals surface area contributed by atoms with Crippen LogP contribution in [0.2, 0.25) is 0 Å². The zero-order valence-electron chi connectivity index (χ0n) is 11.2. The number of carbonyl (C=O) groups excluding carboxylic acids is 1. The monoisotopic (exact) mass is 289 g/mol. The summed E-state index contributed by atoms with van der Waals surface area (Å²) < 4.78 is 3.92. The van der Waals surface area contributed by atoms with E-state index < -0.39 is 0 Å². The minimum absolute atomic E-state index is 0.0259. The SMILES string of the molecule is CCCc1nnsc1C(=O)N1CCc2ncncc2C1. The van der Waals surface area contributed by atoms with Gasteiger partial charge in [-0.3, -0.25) is 4.79 Å². The Labute approximate surface area is 121 Å². The molecule has 0 saturated heterocycles. The van der Waals surface area contributed by atoms with Gasteiger partial charge in [-0.05, 0) is 18.0 Å². The lowest BCUT2D eigenvalue weighted by Gasteiger charge is -2.27. The smallest absolute Gasteiger partial charge is 0.267 e. The van der Waals surface area contributed by atoms with Crippen molar-refractivity contribution < 1.29 is 4.79 Å². The zero-order chi connectivity index (χ0) is 13.9. The third-order valence-electron chi connectivity index (χ3n) is 3.39. The number of aromatic nitrogens is 4. The van der Waals surface area contributed by atoms with E-state index in [0.717, 1.165) is 36.2 Å². The summed E-state index contributed by atoms with van der Waals surface area (Å²) in [7, 11) is 0. The van der Waals surface area contributed by atoms with Crippen molar-refractivity contribution in [1.82, 2.24) is 24.5 Å². The van der Waals surface area contributed by atoms with E-state index >= 15 is 0 Å². The van der Waals surface area contributed by atoms with Gasteiger partial charge in [0.1, 0.15) is 11.2 Å². The van der Waals surface area contributed by atoms with Crippen molar-refractivity contribution in [3.8, 4) is 0 Å². The summed E-state index contributed by atoms with van der Waals surface area (Å²) in [5.74, 6) is 0.0259. The van der Waals surface area contributed by atoms with Gasteiger partial charge in [0, 0.05) is 31.3 Å². The second-order valence-electron chi connectivity index (χ2n) is 4.77. The molecule has 104 valence electrons. The topological polar surface area (TPSA) is 71.9 Å². The molecule has 0 aliphatic carbocycles. The Kier molecular flexibility index (Phi) is 3.68. The normalized spacial score (nSPS) is 14.2. The molecule has 0 saturated carbocycles. The van der Waals surface area contributed by atoms with Crippen LogP contribution in [0.4, 0.5) is 0 Å². The van der Waals surface area contributed by atoms with Crippen molar-refractivity contribution in [3.05, 3.63) is 34.4 Å². The lowest BCUT2D eigenvalue weighted by molar-refractivity contribution is 0.0737. The van der Waals surface area contributed by atoms with Crippen molar-refractivity contribution in [3.63, 3.8) is 0 Å². The third-order valence-corrected chi connectivity index (χ3v) is 4.14. The molecule has 1 aliphatic rings. The van der Waals surface area contributed by atoms with Gasteiger partial charge in [0.2, 0.25) is 0 Å². The van der Waals surface area contributed by atoms with Gasteiger partial charge >= 0.3 is 0 Å². The lowest BCUT2D eigenvalue weighted by Crippen LogP contribution is -2.36. The van der Waals surface area contributed by atoms with Crippen molar-refractivity contribution in [2.24, 2.45) is 0 Å². The molecule has 1 amide bonds. The van der Waals surface area contributed by atoms with Crippen LogP contribution >= 0.6 is 11.5 Å². The molecule has 1 aliphatic heterocycles. The van der Waals surface area contributed by atoms with E-state index in [4.69, 9.17) is 0 Å². The highest BCUT2D eigenvalue weighted by Crippen LogP contribution is 2.21. The van der Waals surface area contributed by atoms with Gasteiger partial charge in [0.15, 0.2) is 0 Å². The van der Waals surface area contributed by atoms with Gasteiger partial charge in [-0.15, -0.1) is 5.10 Å². The minimum Gasteiger partial charge on any atom is -0.333 e. The average Bonchev–Trinajstić information content (AvgIpc) is 2.94. The molecule has 3 heterocycles. The Balaban J connectivity index is 1.80. The predicted molar refractivity (Wildman–Crippen MR) is 74.4 cm³/mol. The number of nitrogens with zero attached hydrogens (tertiary/aromatic N) is 5. The van der Waals surface area contributed by atoms with E-state index in [1.807, 2.05) is 4.90 Å². The first-order valence-corrected chi connectivity index (χ1v) is 7.45. The molecule has 20 heavy (non-hydrogen) atoms. The molecular formula is C13H15N5OS. The predicted octanol–water partition coefficient (Wildman–Crippen LogP) is 1.48. The molecule has 0 radical (unpaired) electrons. The molecular weight excluding hydrogens is 274 g/mol. The zero-order valence-corrected chi connectivity index (χ0v) is 12.1. The average molecular weight is 289 g/mol. The van der Waals surface area contributed by atoms with Gasteiger partial charge in [-0.1, -0.05) is 17.8 Å². The fourth-order valence-corrected chi connectivity index (χ4v) is 3.03. The van der Waals surface area contributed by atoms with E-state index in [2.05, 4.69) is 26.5 Å². The Bertz CT molecular complexity index is 627. The van der Waals surface area contributed by atoms with E-state index in [-0.39, 0.29) is 5.91 Å². The van der Waals surface area contributed by atoms with Gasteiger partial charge in [0.25, 0.3) is 5.91 Å². The Morgan fingerprint density at radius 2 is 2.40 bits per heavy atom. The first kappa shape index (κ1) is 13.1. The molecule has 3 rings (SSSR count). The van der Waals surface area contributed by atoms with E-state index in [1.165, 1.54) is 11.5 Å². The number of fused-ring (bicyclic) bond motifs is 1. The van der Waals surface area contributed by atoms with Crippen LogP contribution in [0.1, 0.15) is 40.0 Å². The largest absolute Gasteiger partial charge is 0.333 e. The molecule has 0 atom stereocenters. The molecule has 0 fully saturated rings. The lowest BCUT2D eigenvalue weighted by atomic mass is 10.1. The molecule has 2 aromatic heterocycles. The van der Waals surface area contributed by atoms with Crippen LogP contribution in [0, 0.1) is 0 Å². The molecule has 0 N–H and O–H groups in total. The summed E-state index contributed by atoms with van der Waals surface area (Å²) in [6.45, 7) is 3.33. The quantitative estimate of drug-likeness (QED) is 0.856. The Morgan fingerprint density at radius 1 is 1.50 bits per heavy atom. The van der Waals surface area contributed by atoms with Crippen molar-refractivity contribution in [2.75, 3.05) is 6.54 Å². The van der Waals surface area contributed by atoms with Crippen molar-refractivity contribution in [1.29, 1.82) is 0 Å². The molecule has 7 heteroatoms. The molecule has 2 aromatic rings. The molecule has 0 bridgehead atoms. The standard InChI is InChI=1S/C13H15N5OS/c1-2-3-11-12(20-17-16-11)13(19)18-5-4-10-9(7-18)6-14-8-15-10/h6,8H,2-5,7H2,1H3. The first-order valence-electron chi connectivity index (χ1n) is 6.68. The molecule has 0 aromatic carbocycles. The maximum absolute atomic E-state index is 12.6. The molecule has 0 unspecified atom stereocenters. The van der Waals surface area contributed by atoms with Crippen LogP contribution in [-0.4, -0.2) is 36.9 Å². The number of rotatable bonds is 3. The van der Waals surface area contributed by atoms with Gasteiger partial charge in [-0.25, -0.2) is 9.97 Å². The van der Waals surface area contributed by atoms with Crippen LogP contribution in [-0.2, 0) is 19.4 Å². The highest BCUT2D eigenvalue weighted by Gasteiger charge is 2.26. The van der Waals surface area contributed by atoms with Crippen LogP contribution < -0.4 is 0 Å². The van der Waals surface area contributed by atoms with E-state index in [1.54, 1.807) is 12.5 Å². The maximum Gasteiger partial charge on any atom is 0.267 e. The van der Waals surface area contributed by atoms with Crippen molar-refractivity contribution in [2.45, 2.75) is 32.7 Å². The van der Waals surface area contributed by atoms with Crippen LogP contribution in [0.5, 0.6) is 0 Å². The van der Waals surface area contributed by atoms with Crippen LogP contribution in [0.15, 0.2) is 12.5 Å². The summed E-state index contributed by atoms with van der Waals surface area (Å²) in [6.07, 6.45) is 5.88.